The molecule has 0 bridgehead atoms. The van der Waals surface area contributed by atoms with Crippen LogP contribution in [0.15, 0.2) is 94.8 Å². The predicted octanol–water partition coefficient (Wildman–Crippen LogP) is 4.08. The number of aromatic nitrogens is 7. The van der Waals surface area contributed by atoms with Crippen molar-refractivity contribution in [2.24, 2.45) is 7.05 Å². The molecule has 0 radical (unpaired) electrons. The normalized spacial score (nSPS) is 11.6. The minimum Gasteiger partial charge on any atom is -0.497 e. The quantitative estimate of drug-likeness (QED) is 0.341. The molecule has 0 atom stereocenters. The van der Waals surface area contributed by atoms with Crippen molar-refractivity contribution in [2.45, 2.75) is 6.92 Å². The van der Waals surface area contributed by atoms with E-state index in [-0.39, 0.29) is 16.6 Å². The van der Waals surface area contributed by atoms with Crippen molar-refractivity contribution in [3.8, 4) is 22.8 Å². The van der Waals surface area contributed by atoms with Gasteiger partial charge < -0.3 is 4.74 Å². The average molecular weight is 530 g/mol. The minimum absolute atomic E-state index is 0.227. The number of methoxy groups -OCH3 is 1. The Labute approximate surface area is 227 Å². The third kappa shape index (κ3) is 3.32. The van der Waals surface area contributed by atoms with E-state index < -0.39 is 5.56 Å². The van der Waals surface area contributed by atoms with Crippen LogP contribution in [0.5, 0.6) is 5.75 Å². The van der Waals surface area contributed by atoms with Crippen LogP contribution in [0.2, 0.25) is 0 Å². The average Bonchev–Trinajstić information content (AvgIpc) is 3.42. The molecule has 10 heteroatoms. The van der Waals surface area contributed by atoms with Crippen LogP contribution in [0.3, 0.4) is 0 Å². The number of nitrogens with zero attached hydrogens (tertiary/aromatic N) is 7. The standard InChI is InChI=1S/C30H23N7O3/c1-18-26(30(39)37(34(18)2)20-9-5-4-6-10-20)35-17-31-27-24(29(35)38)25-28(33-23-12-8-7-11-22(23)32-25)36(27)19-13-15-21(40-3)16-14-19/h4-17H,1-3H3. The number of rotatable bonds is 4. The summed E-state index contributed by atoms with van der Waals surface area (Å²) in [6, 6.07) is 24.2. The largest absolute Gasteiger partial charge is 0.497 e. The first-order valence-electron chi connectivity index (χ1n) is 12.7. The fourth-order valence-electron chi connectivity index (χ4n) is 5.20. The number of para-hydroxylation sites is 3. The topological polar surface area (TPSA) is 102 Å². The zero-order chi connectivity index (χ0) is 27.5. The van der Waals surface area contributed by atoms with Crippen LogP contribution in [-0.4, -0.2) is 40.6 Å². The van der Waals surface area contributed by atoms with Gasteiger partial charge in [-0.2, -0.15) is 0 Å². The van der Waals surface area contributed by atoms with E-state index in [1.54, 1.807) is 25.8 Å². The van der Waals surface area contributed by atoms with Gasteiger partial charge in [0.2, 0.25) is 0 Å². The molecular weight excluding hydrogens is 506 g/mol. The van der Waals surface area contributed by atoms with Crippen molar-refractivity contribution >= 4 is 33.2 Å². The van der Waals surface area contributed by atoms with Gasteiger partial charge in [-0.05, 0) is 55.5 Å². The number of ether oxygens (including phenoxy) is 1. The summed E-state index contributed by atoms with van der Waals surface area (Å²) in [5.41, 5.74) is 4.20. The summed E-state index contributed by atoms with van der Waals surface area (Å²) in [5, 5.41) is 0.278. The molecule has 0 fully saturated rings. The summed E-state index contributed by atoms with van der Waals surface area (Å²) in [6.45, 7) is 1.81. The molecule has 7 aromatic rings. The molecule has 0 saturated carbocycles. The maximum Gasteiger partial charge on any atom is 0.296 e. The van der Waals surface area contributed by atoms with E-state index in [0.717, 1.165) is 5.69 Å². The highest BCUT2D eigenvalue weighted by molar-refractivity contribution is 6.05. The highest BCUT2D eigenvalue weighted by atomic mass is 16.5. The van der Waals surface area contributed by atoms with Crippen molar-refractivity contribution in [3.05, 3.63) is 112 Å². The van der Waals surface area contributed by atoms with Crippen LogP contribution in [0.1, 0.15) is 5.69 Å². The molecule has 0 amide bonds. The first-order valence-corrected chi connectivity index (χ1v) is 12.7. The maximum atomic E-state index is 14.3. The van der Waals surface area contributed by atoms with Crippen LogP contribution in [0.4, 0.5) is 0 Å². The summed E-state index contributed by atoms with van der Waals surface area (Å²) in [4.78, 5) is 42.4. The third-order valence-electron chi connectivity index (χ3n) is 7.26. The van der Waals surface area contributed by atoms with Gasteiger partial charge in [0.05, 0.1) is 29.5 Å². The van der Waals surface area contributed by atoms with Gasteiger partial charge in [0.1, 0.15) is 28.7 Å². The second-order valence-electron chi connectivity index (χ2n) is 9.45. The smallest absolute Gasteiger partial charge is 0.296 e. The molecule has 0 saturated heterocycles. The molecule has 0 spiro atoms. The Kier molecular flexibility index (Phi) is 5.17. The Morgan fingerprint density at radius 2 is 1.43 bits per heavy atom. The predicted molar refractivity (Wildman–Crippen MR) is 153 cm³/mol. The second kappa shape index (κ2) is 8.77. The van der Waals surface area contributed by atoms with Gasteiger partial charge in [-0.25, -0.2) is 19.6 Å². The Hall–Kier alpha value is -5.51. The molecule has 0 N–H and O–H groups in total. The Morgan fingerprint density at radius 1 is 0.750 bits per heavy atom. The fraction of sp³-hybridized carbons (Fsp3) is 0.100. The lowest BCUT2D eigenvalue weighted by Gasteiger charge is -2.08. The molecule has 40 heavy (non-hydrogen) atoms. The molecule has 4 aromatic heterocycles. The molecule has 3 aromatic carbocycles. The highest BCUT2D eigenvalue weighted by Gasteiger charge is 2.24. The van der Waals surface area contributed by atoms with E-state index >= 15 is 0 Å². The molecule has 0 aliphatic heterocycles. The Bertz CT molecular complexity index is 2210. The molecule has 4 heterocycles. The van der Waals surface area contributed by atoms with Crippen molar-refractivity contribution < 1.29 is 4.74 Å². The number of benzene rings is 3. The lowest BCUT2D eigenvalue weighted by Crippen LogP contribution is -2.26. The van der Waals surface area contributed by atoms with Gasteiger partial charge in [-0.1, -0.05) is 30.3 Å². The minimum atomic E-state index is -0.405. The maximum absolute atomic E-state index is 14.3. The van der Waals surface area contributed by atoms with E-state index in [9.17, 15) is 9.59 Å². The molecule has 7 rings (SSSR count). The van der Waals surface area contributed by atoms with Gasteiger partial charge in [-0.15, -0.1) is 0 Å². The van der Waals surface area contributed by atoms with Crippen molar-refractivity contribution in [3.63, 3.8) is 0 Å². The molecule has 0 aliphatic carbocycles. The van der Waals surface area contributed by atoms with E-state index in [2.05, 4.69) is 0 Å². The SMILES string of the molecule is COc1ccc(-n2c3nc4ccccc4nc3c3c(=O)n(-c4c(C)n(C)n(-c5ccccc5)c4=O)cnc32)cc1. The van der Waals surface area contributed by atoms with Crippen molar-refractivity contribution in [1.29, 1.82) is 0 Å². The number of hydrogen-bond acceptors (Lipinski definition) is 6. The monoisotopic (exact) mass is 529 g/mol. The van der Waals surface area contributed by atoms with Gasteiger partial charge in [0.15, 0.2) is 11.3 Å². The van der Waals surface area contributed by atoms with Gasteiger partial charge in [0, 0.05) is 12.7 Å². The molecule has 0 aliphatic rings. The fourth-order valence-corrected chi connectivity index (χ4v) is 5.20. The lowest BCUT2D eigenvalue weighted by molar-refractivity contribution is 0.415. The molecular formula is C30H23N7O3. The summed E-state index contributed by atoms with van der Waals surface area (Å²) in [7, 11) is 3.39. The van der Waals surface area contributed by atoms with Crippen LogP contribution < -0.4 is 15.9 Å². The number of fused-ring (bicyclic) bond motifs is 4. The van der Waals surface area contributed by atoms with Gasteiger partial charge in [0.25, 0.3) is 11.1 Å². The van der Waals surface area contributed by atoms with E-state index in [4.69, 9.17) is 19.7 Å². The summed E-state index contributed by atoms with van der Waals surface area (Å²) >= 11 is 0. The van der Waals surface area contributed by atoms with Crippen LogP contribution in [0, 0.1) is 6.92 Å². The first-order chi connectivity index (χ1) is 19.5. The van der Waals surface area contributed by atoms with Gasteiger partial charge >= 0.3 is 0 Å². The highest BCUT2D eigenvalue weighted by Crippen LogP contribution is 2.29. The van der Waals surface area contributed by atoms with Gasteiger partial charge in [-0.3, -0.25) is 23.4 Å². The molecule has 196 valence electrons. The number of hydrogen-bond donors (Lipinski definition) is 0. The van der Waals surface area contributed by atoms with E-state index in [0.29, 0.717) is 45.0 Å². The van der Waals surface area contributed by atoms with E-state index in [1.807, 2.05) is 83.4 Å². The summed E-state index contributed by atoms with van der Waals surface area (Å²) in [5.74, 6) is 0.700. The van der Waals surface area contributed by atoms with Crippen LogP contribution >= 0.6 is 0 Å². The molecule has 0 unspecified atom stereocenters. The summed E-state index contributed by atoms with van der Waals surface area (Å²) < 4.78 is 11.7. The van der Waals surface area contributed by atoms with Crippen molar-refractivity contribution in [1.82, 2.24) is 33.4 Å². The third-order valence-corrected chi connectivity index (χ3v) is 7.26. The first kappa shape index (κ1) is 23.6. The van der Waals surface area contributed by atoms with Crippen LogP contribution in [-0.2, 0) is 7.05 Å². The molecule has 10 nitrogen and oxygen atoms in total. The zero-order valence-electron chi connectivity index (χ0n) is 21.9. The van der Waals surface area contributed by atoms with E-state index in [1.165, 1.54) is 15.6 Å². The van der Waals surface area contributed by atoms with Crippen molar-refractivity contribution in [2.75, 3.05) is 7.11 Å². The summed E-state index contributed by atoms with van der Waals surface area (Å²) in [6.07, 6.45) is 1.41. The zero-order valence-corrected chi connectivity index (χ0v) is 21.9. The Balaban J connectivity index is 1.57. The van der Waals surface area contributed by atoms with Crippen LogP contribution in [0.25, 0.3) is 50.3 Å². The Morgan fingerprint density at radius 3 is 2.12 bits per heavy atom. The lowest BCUT2D eigenvalue weighted by atomic mass is 10.3. The second-order valence-corrected chi connectivity index (χ2v) is 9.45.